The third-order valence-corrected chi connectivity index (χ3v) is 14.5. The number of aryl methyl sites for hydroxylation is 1. The lowest BCUT2D eigenvalue weighted by atomic mass is 9.65. The van der Waals surface area contributed by atoms with Crippen molar-refractivity contribution in [1.82, 2.24) is 39.5 Å². The van der Waals surface area contributed by atoms with Crippen LogP contribution in [0.25, 0.3) is 5.65 Å². The van der Waals surface area contributed by atoms with Crippen LogP contribution in [0.2, 0.25) is 0 Å². The molecule has 0 radical (unpaired) electrons. The summed E-state index contributed by atoms with van der Waals surface area (Å²) in [5.41, 5.74) is 2.64. The van der Waals surface area contributed by atoms with Crippen molar-refractivity contribution in [2.24, 2.45) is 16.7 Å². The van der Waals surface area contributed by atoms with E-state index in [1.807, 2.05) is 30.0 Å². The molecule has 0 unspecified atom stereocenters. The normalized spacial score (nSPS) is 22.0. The molecule has 8 heterocycles. The molecule has 0 bridgehead atoms. The molecular weight excluding hydrogens is 801 g/mol. The number of likely N-dealkylation sites (tertiary alicyclic amines) is 2. The summed E-state index contributed by atoms with van der Waals surface area (Å²) in [5, 5.41) is 13.6. The van der Waals surface area contributed by atoms with Crippen LogP contribution in [0.5, 0.6) is 0 Å². The molecule has 6 fully saturated rings. The monoisotopic (exact) mass is 853 g/mol. The zero-order valence-corrected chi connectivity index (χ0v) is 35.0. The smallest absolute Gasteiger partial charge is 0.328 e. The summed E-state index contributed by atoms with van der Waals surface area (Å²) in [6.45, 7) is 9.47. The summed E-state index contributed by atoms with van der Waals surface area (Å²) < 4.78 is 37.1. The van der Waals surface area contributed by atoms with Crippen LogP contribution in [0.15, 0.2) is 42.9 Å². The highest BCUT2D eigenvalue weighted by molar-refractivity contribution is 6.08. The number of alkyl halides is 2. The minimum absolute atomic E-state index is 0.00352. The standard InChI is InChI=1S/C44H53F2N11O5/c1-28-2-3-30(20-34(28)55-16-9-36(58)50-42(55)61)41(60)53-18-12-43(13-19-53)10-4-29(5-11-43)22-52-14-6-31(7-15-52)57-23-33(37(51-57)38(45)46)48-40(59)32-21-47-56-17-8-35(49-39(32)56)54-24-44(25-54)26-62-27-44/h2-3,8,17,20-21,23,29,31,38H,4-7,9-16,18-19,22,24-27H2,1H3,(H,48,59)(H,50,58,61). The van der Waals surface area contributed by atoms with Crippen molar-refractivity contribution in [1.29, 1.82) is 0 Å². The van der Waals surface area contributed by atoms with Gasteiger partial charge in [0.2, 0.25) is 5.91 Å². The van der Waals surface area contributed by atoms with E-state index in [-0.39, 0.29) is 52.9 Å². The maximum Gasteiger partial charge on any atom is 0.328 e. The summed E-state index contributed by atoms with van der Waals surface area (Å²) in [6, 6.07) is 6.82. The molecule has 62 heavy (non-hydrogen) atoms. The van der Waals surface area contributed by atoms with Crippen LogP contribution in [0.3, 0.4) is 0 Å². The number of amides is 5. The Kier molecular flexibility index (Phi) is 10.5. The number of fused-ring (bicyclic) bond motifs is 1. The molecule has 5 aliphatic heterocycles. The number of nitrogens with zero attached hydrogens (tertiary/aromatic N) is 9. The molecule has 1 aromatic carbocycles. The van der Waals surface area contributed by atoms with Crippen LogP contribution >= 0.6 is 0 Å². The van der Waals surface area contributed by atoms with Gasteiger partial charge < -0.3 is 24.8 Å². The molecule has 328 valence electrons. The number of piperidine rings is 2. The van der Waals surface area contributed by atoms with Crippen molar-refractivity contribution in [2.45, 2.75) is 77.2 Å². The molecule has 1 saturated carbocycles. The second-order valence-electron chi connectivity index (χ2n) is 18.6. The van der Waals surface area contributed by atoms with Gasteiger partial charge in [0, 0.05) is 82.4 Å². The third kappa shape index (κ3) is 7.69. The van der Waals surface area contributed by atoms with E-state index >= 15 is 0 Å². The van der Waals surface area contributed by atoms with Crippen molar-refractivity contribution in [3.05, 3.63) is 65.2 Å². The van der Waals surface area contributed by atoms with Crippen LogP contribution in [0, 0.1) is 23.7 Å². The van der Waals surface area contributed by atoms with E-state index in [9.17, 15) is 28.0 Å². The average Bonchev–Trinajstić information content (AvgIpc) is 3.86. The number of rotatable bonds is 9. The quantitative estimate of drug-likeness (QED) is 0.221. The topological polar surface area (TPSA) is 163 Å². The largest absolute Gasteiger partial charge is 0.380 e. The first-order chi connectivity index (χ1) is 29.9. The van der Waals surface area contributed by atoms with E-state index in [0.717, 1.165) is 109 Å². The molecule has 2 N–H and O–H groups in total. The number of carbonyl (C=O) groups is 4. The van der Waals surface area contributed by atoms with Crippen LogP contribution in [-0.4, -0.2) is 124 Å². The summed E-state index contributed by atoms with van der Waals surface area (Å²) in [4.78, 5) is 64.2. The van der Waals surface area contributed by atoms with Crippen molar-refractivity contribution in [3.63, 3.8) is 0 Å². The molecular formula is C44H53F2N11O5. The molecule has 3 aromatic heterocycles. The molecule has 5 amide bonds. The van der Waals surface area contributed by atoms with Crippen LogP contribution < -0.4 is 20.4 Å². The lowest BCUT2D eigenvalue weighted by Gasteiger charge is -2.55. The van der Waals surface area contributed by atoms with Gasteiger partial charge >= 0.3 is 6.03 Å². The first kappa shape index (κ1) is 40.6. The fourth-order valence-electron chi connectivity index (χ4n) is 10.6. The number of urea groups is 1. The van der Waals surface area contributed by atoms with Gasteiger partial charge in [0.05, 0.1) is 36.6 Å². The van der Waals surface area contributed by atoms with Crippen molar-refractivity contribution >= 4 is 46.6 Å². The van der Waals surface area contributed by atoms with Gasteiger partial charge in [-0.2, -0.15) is 10.2 Å². The van der Waals surface area contributed by atoms with E-state index in [1.165, 1.54) is 15.6 Å². The van der Waals surface area contributed by atoms with E-state index in [4.69, 9.17) is 9.72 Å². The zero-order valence-electron chi connectivity index (χ0n) is 35.0. The zero-order chi connectivity index (χ0) is 42.8. The Morgan fingerprint density at radius 1 is 0.968 bits per heavy atom. The average molecular weight is 854 g/mol. The first-order valence-corrected chi connectivity index (χ1v) is 22.0. The highest BCUT2D eigenvalue weighted by Gasteiger charge is 2.49. The number of imide groups is 1. The summed E-state index contributed by atoms with van der Waals surface area (Å²) in [6.07, 6.45) is 10.2. The highest BCUT2D eigenvalue weighted by atomic mass is 19.3. The van der Waals surface area contributed by atoms with Gasteiger partial charge in [-0.25, -0.2) is 23.1 Å². The Bertz CT molecular complexity index is 2380. The number of hydrogen-bond acceptors (Lipinski definition) is 10. The van der Waals surface area contributed by atoms with Crippen LogP contribution in [-0.2, 0) is 9.53 Å². The predicted molar refractivity (Wildman–Crippen MR) is 225 cm³/mol. The molecule has 0 atom stereocenters. The van der Waals surface area contributed by atoms with E-state index in [0.29, 0.717) is 35.9 Å². The fourth-order valence-corrected chi connectivity index (χ4v) is 10.6. The Morgan fingerprint density at radius 3 is 2.42 bits per heavy atom. The second-order valence-corrected chi connectivity index (χ2v) is 18.6. The van der Waals surface area contributed by atoms with Crippen molar-refractivity contribution in [3.8, 4) is 0 Å². The van der Waals surface area contributed by atoms with Crippen LogP contribution in [0.1, 0.15) is 102 Å². The molecule has 18 heteroatoms. The molecule has 2 spiro atoms. The number of anilines is 3. The second kappa shape index (κ2) is 16.0. The molecule has 16 nitrogen and oxygen atoms in total. The number of ether oxygens (including phenoxy) is 1. The molecule has 10 rings (SSSR count). The lowest BCUT2D eigenvalue weighted by molar-refractivity contribution is -0.127. The molecule has 5 saturated heterocycles. The SMILES string of the molecule is Cc1ccc(C(=O)N2CCC3(CCC(CN4CCC(n5cc(NC(=O)c6cnn7ccc(N8CC9(COC9)C8)nc67)c(C(F)F)n5)CC4)CC3)CC2)cc1N1CCC(=O)NC1=O. The number of halogens is 2. The summed E-state index contributed by atoms with van der Waals surface area (Å²) in [7, 11) is 0. The molecule has 6 aliphatic rings. The predicted octanol–water partition coefficient (Wildman–Crippen LogP) is 5.46. The number of aromatic nitrogens is 5. The van der Waals surface area contributed by atoms with Crippen molar-refractivity contribution < 1.29 is 32.7 Å². The Morgan fingerprint density at radius 2 is 1.73 bits per heavy atom. The summed E-state index contributed by atoms with van der Waals surface area (Å²) >= 11 is 0. The first-order valence-electron chi connectivity index (χ1n) is 22.0. The molecule has 4 aromatic rings. The van der Waals surface area contributed by atoms with Gasteiger partial charge in [0.25, 0.3) is 18.2 Å². The summed E-state index contributed by atoms with van der Waals surface area (Å²) in [5.74, 6) is 0.446. The fraction of sp³-hybridized carbons (Fsp3) is 0.568. The van der Waals surface area contributed by atoms with E-state index in [1.54, 1.807) is 23.1 Å². The maximum absolute atomic E-state index is 14.3. The third-order valence-electron chi connectivity index (χ3n) is 14.5. The van der Waals surface area contributed by atoms with Gasteiger partial charge in [0.15, 0.2) is 11.3 Å². The number of hydrogen-bond donors (Lipinski definition) is 2. The van der Waals surface area contributed by atoms with Gasteiger partial charge in [0.1, 0.15) is 11.4 Å². The number of carbonyl (C=O) groups excluding carboxylic acids is 4. The number of nitrogens with one attached hydrogen (secondary N) is 2. The maximum atomic E-state index is 14.3. The van der Waals surface area contributed by atoms with E-state index in [2.05, 4.69) is 30.6 Å². The molecule has 1 aliphatic carbocycles. The van der Waals surface area contributed by atoms with Crippen molar-refractivity contribution in [2.75, 3.05) is 80.7 Å². The van der Waals surface area contributed by atoms with E-state index < -0.39 is 24.1 Å². The Balaban J connectivity index is 0.696. The van der Waals surface area contributed by atoms with Gasteiger partial charge in [-0.3, -0.25) is 29.3 Å². The number of benzene rings is 1. The lowest BCUT2D eigenvalue weighted by Crippen LogP contribution is -2.66. The Labute approximate surface area is 357 Å². The van der Waals surface area contributed by atoms with Gasteiger partial charge in [-0.1, -0.05) is 6.07 Å². The van der Waals surface area contributed by atoms with Gasteiger partial charge in [-0.15, -0.1) is 0 Å². The Hall–Kier alpha value is -5.49. The minimum Gasteiger partial charge on any atom is -0.380 e. The van der Waals surface area contributed by atoms with Crippen LogP contribution in [0.4, 0.5) is 30.8 Å². The minimum atomic E-state index is -2.86. The van der Waals surface area contributed by atoms with Gasteiger partial charge in [-0.05, 0) is 93.4 Å². The highest BCUT2D eigenvalue weighted by Crippen LogP contribution is 2.47.